The molecule has 0 spiro atoms. The van der Waals surface area contributed by atoms with Crippen LogP contribution < -0.4 is 0 Å². The summed E-state index contributed by atoms with van der Waals surface area (Å²) in [5.74, 6) is 0.878. The predicted octanol–water partition coefficient (Wildman–Crippen LogP) is 3.62. The first-order chi connectivity index (χ1) is 8.54. The number of rotatable bonds is 4. The minimum Gasteiger partial charge on any atom is -0.345 e. The van der Waals surface area contributed by atoms with Gasteiger partial charge in [0.05, 0.1) is 6.42 Å². The van der Waals surface area contributed by atoms with Gasteiger partial charge in [-0.05, 0) is 36.5 Å². The Bertz CT molecular complexity index is 412. The molecule has 0 radical (unpaired) electrons. The Balaban J connectivity index is 1.81. The van der Waals surface area contributed by atoms with Gasteiger partial charge in [0.25, 0.3) is 0 Å². The van der Waals surface area contributed by atoms with Crippen LogP contribution in [0, 0.1) is 5.92 Å². The maximum absolute atomic E-state index is 12.1. The highest BCUT2D eigenvalue weighted by atomic mass is 79.9. The first-order valence-corrected chi connectivity index (χ1v) is 7.88. The lowest BCUT2D eigenvalue weighted by Crippen LogP contribution is -2.38. The molecule has 2 rings (SSSR count). The van der Waals surface area contributed by atoms with Crippen molar-refractivity contribution in [2.45, 2.75) is 24.1 Å². The Morgan fingerprint density at radius 2 is 1.94 bits per heavy atom. The van der Waals surface area contributed by atoms with E-state index in [1.54, 1.807) is 0 Å². The second-order valence-electron chi connectivity index (χ2n) is 5.01. The number of amides is 1. The molecule has 1 aliphatic carbocycles. The number of likely N-dealkylation sites (N-methyl/N-ethyl adjacent to an activating group) is 1. The molecule has 1 aromatic rings. The van der Waals surface area contributed by atoms with Crippen LogP contribution in [0.25, 0.3) is 0 Å². The zero-order valence-corrected chi connectivity index (χ0v) is 13.6. The lowest BCUT2D eigenvalue weighted by Gasteiger charge is -2.34. The summed E-state index contributed by atoms with van der Waals surface area (Å²) in [7, 11) is 1.91. The molecule has 0 atom stereocenters. The number of benzene rings is 1. The highest BCUT2D eigenvalue weighted by molar-refractivity contribution is 9.10. The number of halogens is 2. The zero-order chi connectivity index (χ0) is 13.1. The largest absolute Gasteiger partial charge is 0.345 e. The Kier molecular flexibility index (Phi) is 4.84. The number of nitrogens with zero attached hydrogens (tertiary/aromatic N) is 1. The van der Waals surface area contributed by atoms with Crippen LogP contribution in [-0.2, 0) is 11.2 Å². The molecule has 0 aromatic heterocycles. The van der Waals surface area contributed by atoms with E-state index in [0.29, 0.717) is 17.2 Å². The first-order valence-electron chi connectivity index (χ1n) is 6.17. The number of hydrogen-bond acceptors (Lipinski definition) is 1. The molecule has 1 aromatic carbocycles. The molecule has 0 bridgehead atoms. The van der Waals surface area contributed by atoms with Crippen molar-refractivity contribution in [3.63, 3.8) is 0 Å². The summed E-state index contributed by atoms with van der Waals surface area (Å²) in [6, 6.07) is 7.94. The van der Waals surface area contributed by atoms with Gasteiger partial charge in [-0.1, -0.05) is 44.0 Å². The second kappa shape index (κ2) is 6.20. The standard InChI is InChI=1S/C14H17Br2NO/c1-17(9-11-6-13(16)7-11)14(18)8-10-2-4-12(15)5-3-10/h2-5,11,13H,6-9H2,1H3. The number of alkyl halides is 1. The van der Waals surface area contributed by atoms with Crippen molar-refractivity contribution in [1.29, 1.82) is 0 Å². The fourth-order valence-corrected chi connectivity index (χ4v) is 3.53. The molecule has 4 heteroatoms. The highest BCUT2D eigenvalue weighted by Gasteiger charge is 2.28. The Hall–Kier alpha value is -0.350. The van der Waals surface area contributed by atoms with Gasteiger partial charge in [0.2, 0.25) is 5.91 Å². The van der Waals surface area contributed by atoms with Gasteiger partial charge in [0.1, 0.15) is 0 Å². The van der Waals surface area contributed by atoms with Crippen molar-refractivity contribution in [3.8, 4) is 0 Å². The fraction of sp³-hybridized carbons (Fsp3) is 0.500. The van der Waals surface area contributed by atoms with E-state index in [0.717, 1.165) is 16.6 Å². The topological polar surface area (TPSA) is 20.3 Å². The summed E-state index contributed by atoms with van der Waals surface area (Å²) in [6.45, 7) is 0.886. The van der Waals surface area contributed by atoms with Crippen LogP contribution in [-0.4, -0.2) is 29.2 Å². The highest BCUT2D eigenvalue weighted by Crippen LogP contribution is 2.33. The van der Waals surface area contributed by atoms with E-state index in [9.17, 15) is 4.79 Å². The molecular formula is C14H17Br2NO. The first kappa shape index (κ1) is 14.1. The smallest absolute Gasteiger partial charge is 0.226 e. The van der Waals surface area contributed by atoms with Crippen LogP contribution in [0.1, 0.15) is 18.4 Å². The van der Waals surface area contributed by atoms with Crippen molar-refractivity contribution in [3.05, 3.63) is 34.3 Å². The van der Waals surface area contributed by atoms with Gasteiger partial charge < -0.3 is 4.90 Å². The molecular weight excluding hydrogens is 358 g/mol. The fourth-order valence-electron chi connectivity index (χ4n) is 2.20. The molecule has 0 unspecified atom stereocenters. The van der Waals surface area contributed by atoms with E-state index in [2.05, 4.69) is 31.9 Å². The summed E-state index contributed by atoms with van der Waals surface area (Å²) in [5.41, 5.74) is 1.07. The summed E-state index contributed by atoms with van der Waals surface area (Å²) in [5, 5.41) is 0. The van der Waals surface area contributed by atoms with Gasteiger partial charge in [0.15, 0.2) is 0 Å². The molecule has 18 heavy (non-hydrogen) atoms. The van der Waals surface area contributed by atoms with Crippen LogP contribution in [0.4, 0.5) is 0 Å². The van der Waals surface area contributed by atoms with Gasteiger partial charge in [0, 0.05) is 22.9 Å². The number of carbonyl (C=O) groups excluding carboxylic acids is 1. The van der Waals surface area contributed by atoms with E-state index in [4.69, 9.17) is 0 Å². The Labute approximate surface area is 125 Å². The predicted molar refractivity (Wildman–Crippen MR) is 80.9 cm³/mol. The summed E-state index contributed by atoms with van der Waals surface area (Å²) >= 11 is 6.98. The monoisotopic (exact) mass is 373 g/mol. The van der Waals surface area contributed by atoms with E-state index in [1.807, 2.05) is 36.2 Å². The van der Waals surface area contributed by atoms with Gasteiger partial charge in [-0.3, -0.25) is 4.79 Å². The molecule has 1 aliphatic rings. The van der Waals surface area contributed by atoms with Crippen molar-refractivity contribution in [2.24, 2.45) is 5.92 Å². The molecule has 1 fully saturated rings. The lowest BCUT2D eigenvalue weighted by atomic mass is 9.85. The molecule has 1 amide bonds. The van der Waals surface area contributed by atoms with E-state index >= 15 is 0 Å². The Morgan fingerprint density at radius 1 is 1.33 bits per heavy atom. The van der Waals surface area contributed by atoms with Gasteiger partial charge in [-0.15, -0.1) is 0 Å². The lowest BCUT2D eigenvalue weighted by molar-refractivity contribution is -0.130. The molecule has 0 heterocycles. The quantitative estimate of drug-likeness (QED) is 0.737. The molecule has 98 valence electrons. The van der Waals surface area contributed by atoms with E-state index < -0.39 is 0 Å². The summed E-state index contributed by atoms with van der Waals surface area (Å²) < 4.78 is 1.05. The third-order valence-corrected chi connectivity index (χ3v) is 4.68. The van der Waals surface area contributed by atoms with Gasteiger partial charge >= 0.3 is 0 Å². The maximum Gasteiger partial charge on any atom is 0.226 e. The van der Waals surface area contributed by atoms with Crippen LogP contribution in [0.2, 0.25) is 0 Å². The molecule has 0 N–H and O–H groups in total. The van der Waals surface area contributed by atoms with Gasteiger partial charge in [-0.2, -0.15) is 0 Å². The van der Waals surface area contributed by atoms with Crippen molar-refractivity contribution < 1.29 is 4.79 Å². The maximum atomic E-state index is 12.1. The third kappa shape index (κ3) is 3.82. The third-order valence-electron chi connectivity index (χ3n) is 3.40. The van der Waals surface area contributed by atoms with Gasteiger partial charge in [-0.25, -0.2) is 0 Å². The van der Waals surface area contributed by atoms with Crippen molar-refractivity contribution in [1.82, 2.24) is 4.90 Å². The van der Waals surface area contributed by atoms with E-state index in [1.165, 1.54) is 12.8 Å². The zero-order valence-electron chi connectivity index (χ0n) is 10.4. The van der Waals surface area contributed by atoms with Crippen LogP contribution >= 0.6 is 31.9 Å². The molecule has 0 aliphatic heterocycles. The average Bonchev–Trinajstić information content (AvgIpc) is 2.30. The average molecular weight is 375 g/mol. The molecule has 1 saturated carbocycles. The molecule has 0 saturated heterocycles. The van der Waals surface area contributed by atoms with Crippen LogP contribution in [0.5, 0.6) is 0 Å². The SMILES string of the molecule is CN(CC1CC(Br)C1)C(=O)Cc1ccc(Br)cc1. The Morgan fingerprint density at radius 3 is 2.50 bits per heavy atom. The van der Waals surface area contributed by atoms with Crippen LogP contribution in [0.15, 0.2) is 28.7 Å². The van der Waals surface area contributed by atoms with Crippen LogP contribution in [0.3, 0.4) is 0 Å². The second-order valence-corrected chi connectivity index (χ2v) is 7.22. The van der Waals surface area contributed by atoms with Crippen molar-refractivity contribution >= 4 is 37.8 Å². The minimum absolute atomic E-state index is 0.204. The van der Waals surface area contributed by atoms with Crippen molar-refractivity contribution in [2.75, 3.05) is 13.6 Å². The normalized spacial score (nSPS) is 22.4. The summed E-state index contributed by atoms with van der Waals surface area (Å²) in [6.07, 6.45) is 2.88. The van der Waals surface area contributed by atoms with E-state index in [-0.39, 0.29) is 5.91 Å². The summed E-state index contributed by atoms with van der Waals surface area (Å²) in [4.78, 5) is 14.6. The minimum atomic E-state index is 0.204. The molecule has 2 nitrogen and oxygen atoms in total. The number of carbonyl (C=O) groups is 1. The number of hydrogen-bond donors (Lipinski definition) is 0.